The van der Waals surface area contributed by atoms with E-state index in [1.54, 1.807) is 18.7 Å². The van der Waals surface area contributed by atoms with Crippen molar-refractivity contribution in [1.29, 1.82) is 0 Å². The Balaban J connectivity index is 1.40. The molecule has 1 aliphatic carbocycles. The third-order valence-corrected chi connectivity index (χ3v) is 6.67. The van der Waals surface area contributed by atoms with Gasteiger partial charge in [0.2, 0.25) is 0 Å². The van der Waals surface area contributed by atoms with Gasteiger partial charge in [0, 0.05) is 49.2 Å². The van der Waals surface area contributed by atoms with Crippen LogP contribution in [0.25, 0.3) is 22.3 Å². The van der Waals surface area contributed by atoms with Gasteiger partial charge in [-0.05, 0) is 37.1 Å². The van der Waals surface area contributed by atoms with Crippen molar-refractivity contribution in [2.24, 2.45) is 7.05 Å². The van der Waals surface area contributed by atoms with E-state index in [1.807, 2.05) is 23.7 Å². The highest BCUT2D eigenvalue weighted by Crippen LogP contribution is 2.44. The average molecular weight is 486 g/mol. The van der Waals surface area contributed by atoms with Crippen molar-refractivity contribution in [3.63, 3.8) is 0 Å². The summed E-state index contributed by atoms with van der Waals surface area (Å²) in [5.74, 6) is 0.106. The highest BCUT2D eigenvalue weighted by atomic mass is 16.5. The van der Waals surface area contributed by atoms with E-state index in [1.165, 1.54) is 7.11 Å². The lowest BCUT2D eigenvalue weighted by Gasteiger charge is -2.29. The highest BCUT2D eigenvalue weighted by Gasteiger charge is 2.32. The van der Waals surface area contributed by atoms with Gasteiger partial charge < -0.3 is 24.3 Å². The molecule has 4 heterocycles. The number of hydrogen-bond donors (Lipinski definition) is 1. The van der Waals surface area contributed by atoms with Crippen LogP contribution in [0.15, 0.2) is 43.0 Å². The Kier molecular flexibility index (Phi) is 5.73. The molecule has 0 atom stereocenters. The molecule has 1 aliphatic heterocycles. The fourth-order valence-corrected chi connectivity index (χ4v) is 4.54. The van der Waals surface area contributed by atoms with Gasteiger partial charge in [-0.15, -0.1) is 0 Å². The van der Waals surface area contributed by atoms with E-state index < -0.39 is 5.97 Å². The molecule has 36 heavy (non-hydrogen) atoms. The number of pyridine rings is 1. The predicted octanol–water partition coefficient (Wildman–Crippen LogP) is 3.67. The minimum Gasteiger partial charge on any atom is -0.464 e. The van der Waals surface area contributed by atoms with Crippen LogP contribution >= 0.6 is 0 Å². The van der Waals surface area contributed by atoms with Crippen LogP contribution in [0.4, 0.5) is 17.2 Å². The van der Waals surface area contributed by atoms with E-state index in [9.17, 15) is 4.79 Å². The number of benzene rings is 1. The molecule has 1 aromatic carbocycles. The molecule has 2 aliphatic rings. The number of carbonyl (C=O) groups is 1. The lowest BCUT2D eigenvalue weighted by molar-refractivity contribution is 0.0595. The number of aryl methyl sites for hydroxylation is 1. The number of anilines is 3. The minimum atomic E-state index is -0.556. The van der Waals surface area contributed by atoms with Crippen molar-refractivity contribution < 1.29 is 14.3 Å². The molecule has 1 N–H and O–H groups in total. The highest BCUT2D eigenvalue weighted by molar-refractivity contribution is 5.96. The van der Waals surface area contributed by atoms with Gasteiger partial charge in [-0.25, -0.2) is 19.7 Å². The van der Waals surface area contributed by atoms with Crippen LogP contribution in [0, 0.1) is 0 Å². The molecular weight excluding hydrogens is 458 g/mol. The summed E-state index contributed by atoms with van der Waals surface area (Å²) in [4.78, 5) is 33.8. The largest absolute Gasteiger partial charge is 0.464 e. The molecule has 0 bridgehead atoms. The Labute approximate surface area is 208 Å². The molecule has 184 valence electrons. The van der Waals surface area contributed by atoms with Crippen LogP contribution in [0.3, 0.4) is 0 Å². The second-order valence-electron chi connectivity index (χ2n) is 9.10. The SMILES string of the molecule is COC(=O)c1nc(-c2cncc3c2ncn3C)c(C2CC2)nc1Nc1ccc(N2CCOCC2)cc1. The average Bonchev–Trinajstić information content (AvgIpc) is 3.71. The summed E-state index contributed by atoms with van der Waals surface area (Å²) in [6.07, 6.45) is 7.31. The quantitative estimate of drug-likeness (QED) is 0.409. The van der Waals surface area contributed by atoms with Gasteiger partial charge in [-0.1, -0.05) is 0 Å². The summed E-state index contributed by atoms with van der Waals surface area (Å²) in [5, 5.41) is 3.31. The second-order valence-corrected chi connectivity index (χ2v) is 9.10. The molecule has 1 saturated carbocycles. The smallest absolute Gasteiger partial charge is 0.360 e. The van der Waals surface area contributed by atoms with Gasteiger partial charge in [-0.3, -0.25) is 4.98 Å². The Morgan fingerprint density at radius 3 is 2.61 bits per heavy atom. The Bertz CT molecular complexity index is 1420. The number of esters is 1. The zero-order chi connectivity index (χ0) is 24.6. The summed E-state index contributed by atoms with van der Waals surface area (Å²) in [7, 11) is 3.27. The number of ether oxygens (including phenoxy) is 2. The van der Waals surface area contributed by atoms with Crippen molar-refractivity contribution >= 4 is 34.2 Å². The van der Waals surface area contributed by atoms with Crippen molar-refractivity contribution in [1.82, 2.24) is 24.5 Å². The summed E-state index contributed by atoms with van der Waals surface area (Å²) < 4.78 is 12.4. The van der Waals surface area contributed by atoms with E-state index in [0.29, 0.717) is 11.5 Å². The van der Waals surface area contributed by atoms with Crippen LogP contribution in [0.2, 0.25) is 0 Å². The van der Waals surface area contributed by atoms with E-state index >= 15 is 0 Å². The number of morpholine rings is 1. The van der Waals surface area contributed by atoms with Crippen molar-refractivity contribution in [3.8, 4) is 11.3 Å². The third kappa shape index (κ3) is 4.13. The molecule has 0 radical (unpaired) electrons. The number of nitrogens with one attached hydrogen (secondary N) is 1. The first-order chi connectivity index (χ1) is 17.6. The first kappa shape index (κ1) is 22.4. The number of carbonyl (C=O) groups excluding carboxylic acids is 1. The Morgan fingerprint density at radius 2 is 1.89 bits per heavy atom. The number of methoxy groups -OCH3 is 1. The van der Waals surface area contributed by atoms with Gasteiger partial charge in [0.15, 0.2) is 11.5 Å². The topological polar surface area (TPSA) is 107 Å². The zero-order valence-electron chi connectivity index (χ0n) is 20.3. The van der Waals surface area contributed by atoms with Crippen LogP contribution in [0.1, 0.15) is 34.9 Å². The Hall–Kier alpha value is -4.05. The molecule has 4 aromatic rings. The maximum atomic E-state index is 12.8. The summed E-state index contributed by atoms with van der Waals surface area (Å²) in [6, 6.07) is 8.08. The van der Waals surface area contributed by atoms with Gasteiger partial charge in [0.05, 0.1) is 49.8 Å². The summed E-state index contributed by atoms with van der Waals surface area (Å²) in [6.45, 7) is 3.20. The molecule has 6 rings (SSSR count). The lowest BCUT2D eigenvalue weighted by Crippen LogP contribution is -2.36. The van der Waals surface area contributed by atoms with Crippen LogP contribution in [-0.2, 0) is 16.5 Å². The molecule has 1 saturated heterocycles. The van der Waals surface area contributed by atoms with E-state index in [2.05, 4.69) is 32.3 Å². The number of hydrogen-bond acceptors (Lipinski definition) is 9. The van der Waals surface area contributed by atoms with Crippen LogP contribution < -0.4 is 10.2 Å². The summed E-state index contributed by atoms with van der Waals surface area (Å²) in [5.41, 5.74) is 5.97. The maximum Gasteiger partial charge on any atom is 0.360 e. The first-order valence-corrected chi connectivity index (χ1v) is 12.1. The minimum absolute atomic E-state index is 0.127. The zero-order valence-corrected chi connectivity index (χ0v) is 20.3. The molecule has 10 heteroatoms. The number of rotatable bonds is 6. The second kappa shape index (κ2) is 9.19. The van der Waals surface area contributed by atoms with Gasteiger partial charge in [0.1, 0.15) is 5.52 Å². The monoisotopic (exact) mass is 485 g/mol. The van der Waals surface area contributed by atoms with E-state index in [4.69, 9.17) is 19.4 Å². The van der Waals surface area contributed by atoms with Crippen LogP contribution in [-0.4, -0.2) is 63.9 Å². The van der Waals surface area contributed by atoms with E-state index in [0.717, 1.165) is 72.8 Å². The van der Waals surface area contributed by atoms with Crippen molar-refractivity contribution in [2.75, 3.05) is 43.6 Å². The Morgan fingerprint density at radius 1 is 1.11 bits per heavy atom. The van der Waals surface area contributed by atoms with Crippen molar-refractivity contribution in [3.05, 3.63) is 54.4 Å². The molecule has 0 amide bonds. The van der Waals surface area contributed by atoms with Crippen molar-refractivity contribution in [2.45, 2.75) is 18.8 Å². The summed E-state index contributed by atoms with van der Waals surface area (Å²) >= 11 is 0. The number of fused-ring (bicyclic) bond motifs is 1. The number of imidazole rings is 1. The lowest BCUT2D eigenvalue weighted by atomic mass is 10.1. The molecule has 2 fully saturated rings. The molecule has 0 unspecified atom stereocenters. The van der Waals surface area contributed by atoms with E-state index in [-0.39, 0.29) is 11.6 Å². The molecule has 3 aromatic heterocycles. The van der Waals surface area contributed by atoms with Crippen LogP contribution in [0.5, 0.6) is 0 Å². The molecule has 10 nitrogen and oxygen atoms in total. The van der Waals surface area contributed by atoms with Gasteiger partial charge in [0.25, 0.3) is 0 Å². The molecular formula is C26H27N7O3. The fraction of sp³-hybridized carbons (Fsp3) is 0.346. The normalized spacial score (nSPS) is 15.8. The standard InChI is InChI=1S/C26H27N7O3/c1-32-15-28-22-19(13-27-14-20(22)32)23-21(16-3-4-16)31-25(24(30-23)26(34)35-2)29-17-5-7-18(8-6-17)33-9-11-36-12-10-33/h5-8,13-16H,3-4,9-12H2,1-2H3,(H,29,31). The van der Waals surface area contributed by atoms with Gasteiger partial charge in [-0.2, -0.15) is 0 Å². The first-order valence-electron chi connectivity index (χ1n) is 12.1. The number of aromatic nitrogens is 5. The molecule has 0 spiro atoms. The fourth-order valence-electron chi connectivity index (χ4n) is 4.54. The maximum absolute atomic E-state index is 12.8. The predicted molar refractivity (Wildman–Crippen MR) is 136 cm³/mol. The van der Waals surface area contributed by atoms with Gasteiger partial charge >= 0.3 is 5.97 Å². The third-order valence-electron chi connectivity index (χ3n) is 6.67. The number of nitrogens with zero attached hydrogens (tertiary/aromatic N) is 6.